The van der Waals surface area contributed by atoms with Gasteiger partial charge in [-0.15, -0.1) is 11.8 Å². The molecule has 1 N–H and O–H groups in total. The fraction of sp³-hybridized carbons (Fsp3) is 0.333. The number of benzene rings is 2. The first-order valence-electron chi connectivity index (χ1n) is 7.47. The summed E-state index contributed by atoms with van der Waals surface area (Å²) in [5.41, 5.74) is 2.67. The SMILES string of the molecule is Cc1cccc(OCCNC2CCSc3ccccc32)c1. The summed E-state index contributed by atoms with van der Waals surface area (Å²) in [6.07, 6.45) is 1.19. The van der Waals surface area contributed by atoms with Crippen LogP contribution in [0.25, 0.3) is 0 Å². The maximum atomic E-state index is 5.80. The molecule has 0 aliphatic carbocycles. The first-order valence-corrected chi connectivity index (χ1v) is 8.46. The minimum absolute atomic E-state index is 0.462. The van der Waals surface area contributed by atoms with E-state index < -0.39 is 0 Å². The molecule has 0 spiro atoms. The van der Waals surface area contributed by atoms with E-state index >= 15 is 0 Å². The molecular formula is C18H21NOS. The van der Waals surface area contributed by atoms with Gasteiger partial charge in [-0.05, 0) is 48.4 Å². The van der Waals surface area contributed by atoms with Crippen LogP contribution in [0.3, 0.4) is 0 Å². The lowest BCUT2D eigenvalue weighted by Crippen LogP contribution is -2.28. The summed E-state index contributed by atoms with van der Waals surface area (Å²) in [4.78, 5) is 1.42. The van der Waals surface area contributed by atoms with E-state index in [1.54, 1.807) is 0 Å². The van der Waals surface area contributed by atoms with Crippen molar-refractivity contribution in [1.29, 1.82) is 0 Å². The number of aryl methyl sites for hydroxylation is 1. The molecule has 2 nitrogen and oxygen atoms in total. The van der Waals surface area contributed by atoms with Gasteiger partial charge in [0, 0.05) is 17.5 Å². The highest BCUT2D eigenvalue weighted by atomic mass is 32.2. The Hall–Kier alpha value is -1.45. The number of thioether (sulfide) groups is 1. The largest absolute Gasteiger partial charge is 0.492 e. The zero-order chi connectivity index (χ0) is 14.5. The molecule has 3 heteroatoms. The van der Waals surface area contributed by atoms with E-state index in [2.05, 4.69) is 48.6 Å². The number of fused-ring (bicyclic) bond motifs is 1. The minimum atomic E-state index is 0.462. The van der Waals surface area contributed by atoms with Gasteiger partial charge in [0.05, 0.1) is 0 Å². The zero-order valence-corrected chi connectivity index (χ0v) is 13.2. The van der Waals surface area contributed by atoms with Crippen molar-refractivity contribution < 1.29 is 4.74 Å². The number of nitrogens with one attached hydrogen (secondary N) is 1. The smallest absolute Gasteiger partial charge is 0.119 e. The summed E-state index contributed by atoms with van der Waals surface area (Å²) in [6, 6.07) is 17.4. The van der Waals surface area contributed by atoms with E-state index in [1.807, 2.05) is 23.9 Å². The van der Waals surface area contributed by atoms with Crippen molar-refractivity contribution in [3.05, 3.63) is 59.7 Å². The molecule has 3 rings (SSSR count). The maximum Gasteiger partial charge on any atom is 0.119 e. The van der Waals surface area contributed by atoms with Gasteiger partial charge in [-0.1, -0.05) is 30.3 Å². The normalized spacial score (nSPS) is 17.3. The Morgan fingerprint density at radius 3 is 3.00 bits per heavy atom. The number of hydrogen-bond donors (Lipinski definition) is 1. The molecular weight excluding hydrogens is 278 g/mol. The third kappa shape index (κ3) is 3.80. The molecule has 0 saturated heterocycles. The van der Waals surface area contributed by atoms with Crippen LogP contribution in [0.2, 0.25) is 0 Å². The van der Waals surface area contributed by atoms with Gasteiger partial charge < -0.3 is 10.1 Å². The second kappa shape index (κ2) is 7.01. The van der Waals surface area contributed by atoms with E-state index in [-0.39, 0.29) is 0 Å². The molecule has 2 aromatic rings. The number of rotatable bonds is 5. The third-order valence-corrected chi connectivity index (χ3v) is 4.83. The Bertz CT molecular complexity index is 599. The molecule has 110 valence electrons. The fourth-order valence-corrected chi connectivity index (χ4v) is 3.79. The number of ether oxygens (including phenoxy) is 1. The Kier molecular flexibility index (Phi) is 4.84. The molecule has 1 unspecified atom stereocenters. The molecule has 1 atom stereocenters. The van der Waals surface area contributed by atoms with Gasteiger partial charge in [0.1, 0.15) is 12.4 Å². The average Bonchev–Trinajstić information content (AvgIpc) is 2.52. The van der Waals surface area contributed by atoms with Gasteiger partial charge >= 0.3 is 0 Å². The summed E-state index contributed by atoms with van der Waals surface area (Å²) in [7, 11) is 0. The van der Waals surface area contributed by atoms with E-state index in [0.29, 0.717) is 12.6 Å². The fourth-order valence-electron chi connectivity index (χ4n) is 2.66. The van der Waals surface area contributed by atoms with Gasteiger partial charge in [-0.3, -0.25) is 0 Å². The molecule has 0 bridgehead atoms. The summed E-state index contributed by atoms with van der Waals surface area (Å²) in [5, 5.41) is 3.62. The van der Waals surface area contributed by atoms with E-state index in [1.165, 1.54) is 28.2 Å². The van der Waals surface area contributed by atoms with Gasteiger partial charge in [0.25, 0.3) is 0 Å². The van der Waals surface area contributed by atoms with E-state index in [9.17, 15) is 0 Å². The van der Waals surface area contributed by atoms with Crippen molar-refractivity contribution in [2.45, 2.75) is 24.3 Å². The number of hydrogen-bond acceptors (Lipinski definition) is 3. The third-order valence-electron chi connectivity index (χ3n) is 3.71. The van der Waals surface area contributed by atoms with Gasteiger partial charge in [0.2, 0.25) is 0 Å². The van der Waals surface area contributed by atoms with Crippen LogP contribution in [0.1, 0.15) is 23.6 Å². The van der Waals surface area contributed by atoms with Crippen LogP contribution in [0.4, 0.5) is 0 Å². The standard InChI is InChI=1S/C18H21NOS/c1-14-5-4-6-15(13-14)20-11-10-19-17-9-12-21-18-8-3-2-7-16(17)18/h2-8,13,17,19H,9-12H2,1H3. The Morgan fingerprint density at radius 1 is 1.19 bits per heavy atom. The van der Waals surface area contributed by atoms with Crippen LogP contribution in [0, 0.1) is 6.92 Å². The first kappa shape index (κ1) is 14.5. The minimum Gasteiger partial charge on any atom is -0.492 e. The summed E-state index contributed by atoms with van der Waals surface area (Å²) in [6.45, 7) is 3.66. The average molecular weight is 299 g/mol. The molecule has 0 fully saturated rings. The van der Waals surface area contributed by atoms with Gasteiger partial charge in [-0.25, -0.2) is 0 Å². The summed E-state index contributed by atoms with van der Waals surface area (Å²) in [5.74, 6) is 2.14. The van der Waals surface area contributed by atoms with Crippen LogP contribution < -0.4 is 10.1 Å². The van der Waals surface area contributed by atoms with Crippen LogP contribution >= 0.6 is 11.8 Å². The molecule has 1 aliphatic rings. The predicted molar refractivity (Wildman–Crippen MR) is 89.2 cm³/mol. The lowest BCUT2D eigenvalue weighted by atomic mass is 10.0. The predicted octanol–water partition coefficient (Wildman–Crippen LogP) is 4.20. The van der Waals surface area contributed by atoms with Crippen molar-refractivity contribution in [3.8, 4) is 5.75 Å². The topological polar surface area (TPSA) is 21.3 Å². The monoisotopic (exact) mass is 299 g/mol. The van der Waals surface area contributed by atoms with Gasteiger partial charge in [-0.2, -0.15) is 0 Å². The molecule has 2 aromatic carbocycles. The highest BCUT2D eigenvalue weighted by Crippen LogP contribution is 2.35. The lowest BCUT2D eigenvalue weighted by molar-refractivity contribution is 0.303. The molecule has 0 amide bonds. The highest BCUT2D eigenvalue weighted by molar-refractivity contribution is 7.99. The van der Waals surface area contributed by atoms with Crippen LogP contribution in [-0.4, -0.2) is 18.9 Å². The molecule has 21 heavy (non-hydrogen) atoms. The molecule has 0 aromatic heterocycles. The van der Waals surface area contributed by atoms with Gasteiger partial charge in [0.15, 0.2) is 0 Å². The lowest BCUT2D eigenvalue weighted by Gasteiger charge is -2.26. The van der Waals surface area contributed by atoms with Crippen molar-refractivity contribution in [1.82, 2.24) is 5.32 Å². The summed E-state index contributed by atoms with van der Waals surface area (Å²) < 4.78 is 5.80. The van der Waals surface area contributed by atoms with E-state index in [0.717, 1.165) is 12.3 Å². The van der Waals surface area contributed by atoms with Crippen molar-refractivity contribution >= 4 is 11.8 Å². The molecule has 0 saturated carbocycles. The second-order valence-electron chi connectivity index (χ2n) is 5.35. The molecule has 1 aliphatic heterocycles. The highest BCUT2D eigenvalue weighted by Gasteiger charge is 2.19. The van der Waals surface area contributed by atoms with Crippen molar-refractivity contribution in [2.75, 3.05) is 18.9 Å². The Morgan fingerprint density at radius 2 is 2.10 bits per heavy atom. The van der Waals surface area contributed by atoms with Crippen LogP contribution in [0.5, 0.6) is 5.75 Å². The van der Waals surface area contributed by atoms with Crippen LogP contribution in [-0.2, 0) is 0 Å². The quantitative estimate of drug-likeness (QED) is 0.836. The van der Waals surface area contributed by atoms with Crippen molar-refractivity contribution in [2.24, 2.45) is 0 Å². The second-order valence-corrected chi connectivity index (χ2v) is 6.48. The van der Waals surface area contributed by atoms with Crippen molar-refractivity contribution in [3.63, 3.8) is 0 Å². The van der Waals surface area contributed by atoms with Crippen LogP contribution in [0.15, 0.2) is 53.4 Å². The molecule has 0 radical (unpaired) electrons. The Labute approximate surface area is 130 Å². The maximum absolute atomic E-state index is 5.80. The first-order chi connectivity index (χ1) is 10.3. The molecule has 1 heterocycles. The van der Waals surface area contributed by atoms with E-state index in [4.69, 9.17) is 4.74 Å². The zero-order valence-electron chi connectivity index (χ0n) is 12.3. The summed E-state index contributed by atoms with van der Waals surface area (Å²) >= 11 is 1.96. The Balaban J connectivity index is 1.50.